The molecule has 3 heterocycles. The third-order valence-corrected chi connectivity index (χ3v) is 6.65. The van der Waals surface area contributed by atoms with Gasteiger partial charge in [-0.15, -0.1) is 0 Å². The van der Waals surface area contributed by atoms with Crippen molar-refractivity contribution in [3.05, 3.63) is 48.8 Å². The van der Waals surface area contributed by atoms with Crippen LogP contribution in [0.1, 0.15) is 0 Å². The van der Waals surface area contributed by atoms with E-state index in [0.717, 1.165) is 11.2 Å². The van der Waals surface area contributed by atoms with E-state index >= 15 is 0 Å². The average Bonchev–Trinajstić information content (AvgIpc) is 3.04. The second-order valence-electron chi connectivity index (χ2n) is 5.22. The number of hydrogen-bond donors (Lipinski definition) is 0. The van der Waals surface area contributed by atoms with Gasteiger partial charge in [0.05, 0.1) is 0 Å². The fourth-order valence-electron chi connectivity index (χ4n) is 3.15. The Morgan fingerprint density at radius 3 is 2.76 bits per heavy atom. The summed E-state index contributed by atoms with van der Waals surface area (Å²) >= 11 is 0.344. The summed E-state index contributed by atoms with van der Waals surface area (Å²) in [6.45, 7) is 0. The van der Waals surface area contributed by atoms with E-state index in [9.17, 15) is 0 Å². The second kappa shape index (κ2) is 3.94. The summed E-state index contributed by atoms with van der Waals surface area (Å²) in [5.74, 6) is 0. The van der Waals surface area contributed by atoms with Gasteiger partial charge in [-0.1, -0.05) is 0 Å². The number of rotatable bonds is 0. The topological polar surface area (TPSA) is 30.7 Å². The summed E-state index contributed by atoms with van der Waals surface area (Å²) in [6, 6.07) is 13.2. The molecule has 0 fully saturated rings. The molecule has 0 saturated carbocycles. The Labute approximate surface area is 126 Å². The van der Waals surface area contributed by atoms with Gasteiger partial charge in [0, 0.05) is 0 Å². The van der Waals surface area contributed by atoms with Crippen molar-refractivity contribution in [2.45, 2.75) is 0 Å². The molecule has 5 aromatic rings. The SMILES string of the molecule is Cn1c2ccc3c4ccccc4[se]c3c2c2nccnc21. The van der Waals surface area contributed by atoms with Crippen LogP contribution in [-0.4, -0.2) is 29.0 Å². The Hall–Kier alpha value is -2.16. The second-order valence-corrected chi connectivity index (χ2v) is 7.43. The summed E-state index contributed by atoms with van der Waals surface area (Å²) in [5.41, 5.74) is 3.22. The van der Waals surface area contributed by atoms with Crippen molar-refractivity contribution in [2.24, 2.45) is 7.05 Å². The van der Waals surface area contributed by atoms with Crippen molar-refractivity contribution in [3.8, 4) is 0 Å². The summed E-state index contributed by atoms with van der Waals surface area (Å²) in [7, 11) is 2.07. The zero-order valence-corrected chi connectivity index (χ0v) is 13.1. The van der Waals surface area contributed by atoms with Crippen LogP contribution in [0.15, 0.2) is 48.8 Å². The van der Waals surface area contributed by atoms with E-state index in [1.54, 1.807) is 12.4 Å². The Balaban J connectivity index is 2.16. The minimum absolute atomic E-state index is 0.344. The average molecular weight is 336 g/mol. The maximum atomic E-state index is 4.60. The molecule has 0 amide bonds. The predicted molar refractivity (Wildman–Crippen MR) is 88.0 cm³/mol. The first kappa shape index (κ1) is 11.5. The van der Waals surface area contributed by atoms with Gasteiger partial charge in [-0.2, -0.15) is 0 Å². The molecule has 0 atom stereocenters. The van der Waals surface area contributed by atoms with Crippen LogP contribution in [0.2, 0.25) is 0 Å². The van der Waals surface area contributed by atoms with Crippen LogP contribution in [0.25, 0.3) is 41.4 Å². The number of aromatic nitrogens is 3. The van der Waals surface area contributed by atoms with Gasteiger partial charge in [-0.3, -0.25) is 0 Å². The first-order valence-electron chi connectivity index (χ1n) is 6.84. The molecule has 0 N–H and O–H groups in total. The molecule has 3 aromatic heterocycles. The molecule has 5 rings (SSSR count). The molecule has 100 valence electrons. The van der Waals surface area contributed by atoms with Gasteiger partial charge >= 0.3 is 126 Å². The van der Waals surface area contributed by atoms with Crippen molar-refractivity contribution in [1.29, 1.82) is 0 Å². The summed E-state index contributed by atoms with van der Waals surface area (Å²) in [5, 5.41) is 4.04. The third kappa shape index (κ3) is 1.39. The van der Waals surface area contributed by atoms with Gasteiger partial charge in [0.2, 0.25) is 0 Å². The van der Waals surface area contributed by atoms with Gasteiger partial charge in [0.1, 0.15) is 0 Å². The van der Waals surface area contributed by atoms with E-state index in [-0.39, 0.29) is 0 Å². The first-order valence-corrected chi connectivity index (χ1v) is 8.55. The van der Waals surface area contributed by atoms with E-state index in [4.69, 9.17) is 0 Å². The molecule has 0 radical (unpaired) electrons. The maximum absolute atomic E-state index is 4.60. The first-order chi connectivity index (χ1) is 10.3. The van der Waals surface area contributed by atoms with Gasteiger partial charge < -0.3 is 0 Å². The quantitative estimate of drug-likeness (QED) is 0.405. The van der Waals surface area contributed by atoms with Crippen LogP contribution in [0, 0.1) is 0 Å². The van der Waals surface area contributed by atoms with E-state index < -0.39 is 0 Å². The van der Waals surface area contributed by atoms with Crippen molar-refractivity contribution >= 4 is 55.9 Å². The van der Waals surface area contributed by atoms with Crippen LogP contribution >= 0.6 is 0 Å². The van der Waals surface area contributed by atoms with Crippen molar-refractivity contribution in [2.75, 3.05) is 0 Å². The number of fused-ring (bicyclic) bond motifs is 7. The Bertz CT molecular complexity index is 1150. The zero-order valence-electron chi connectivity index (χ0n) is 11.4. The normalized spacial score (nSPS) is 12.0. The van der Waals surface area contributed by atoms with Crippen LogP contribution in [0.3, 0.4) is 0 Å². The van der Waals surface area contributed by atoms with Crippen LogP contribution < -0.4 is 0 Å². The van der Waals surface area contributed by atoms with Crippen molar-refractivity contribution in [3.63, 3.8) is 0 Å². The van der Waals surface area contributed by atoms with E-state index in [1.165, 1.54) is 30.2 Å². The summed E-state index contributed by atoms with van der Waals surface area (Å²) in [6.07, 6.45) is 3.55. The number of hydrogen-bond acceptors (Lipinski definition) is 2. The molecule has 0 aliphatic carbocycles. The molecule has 0 aliphatic rings. The molecule has 0 aliphatic heterocycles. The van der Waals surface area contributed by atoms with Gasteiger partial charge in [0.15, 0.2) is 0 Å². The van der Waals surface area contributed by atoms with Crippen LogP contribution in [0.4, 0.5) is 0 Å². The Morgan fingerprint density at radius 2 is 1.81 bits per heavy atom. The molecular weight excluding hydrogens is 325 g/mol. The summed E-state index contributed by atoms with van der Waals surface area (Å²) < 4.78 is 5.07. The molecule has 21 heavy (non-hydrogen) atoms. The number of aryl methyl sites for hydroxylation is 1. The van der Waals surface area contributed by atoms with Gasteiger partial charge in [-0.05, 0) is 0 Å². The van der Waals surface area contributed by atoms with E-state index in [2.05, 4.69) is 58.0 Å². The Kier molecular flexibility index (Phi) is 2.16. The fourth-order valence-corrected chi connectivity index (χ4v) is 5.77. The zero-order chi connectivity index (χ0) is 14.0. The fraction of sp³-hybridized carbons (Fsp3) is 0.0588. The molecule has 0 bridgehead atoms. The standard InChI is InChI=1S/C17H11N3Se/c1-20-12-7-6-11-10-4-2-3-5-13(10)21-16(11)14(12)15-17(20)19-9-8-18-15/h2-9H,1H3. The van der Waals surface area contributed by atoms with Crippen LogP contribution in [-0.2, 0) is 7.05 Å². The van der Waals surface area contributed by atoms with E-state index in [1.807, 2.05) is 0 Å². The molecule has 4 heteroatoms. The molecule has 2 aromatic carbocycles. The molecule has 0 spiro atoms. The van der Waals surface area contributed by atoms with E-state index in [0.29, 0.717) is 14.5 Å². The van der Waals surface area contributed by atoms with Crippen molar-refractivity contribution in [1.82, 2.24) is 14.5 Å². The monoisotopic (exact) mass is 337 g/mol. The van der Waals surface area contributed by atoms with Gasteiger partial charge in [-0.25, -0.2) is 0 Å². The van der Waals surface area contributed by atoms with Crippen molar-refractivity contribution < 1.29 is 0 Å². The summed E-state index contributed by atoms with van der Waals surface area (Å²) in [4.78, 5) is 9.10. The molecular formula is C17H11N3Se. The van der Waals surface area contributed by atoms with Gasteiger partial charge in [0.25, 0.3) is 0 Å². The molecule has 0 unspecified atom stereocenters. The number of nitrogens with zero attached hydrogens (tertiary/aromatic N) is 3. The van der Waals surface area contributed by atoms with Crippen LogP contribution in [0.5, 0.6) is 0 Å². The molecule has 0 saturated heterocycles. The third-order valence-electron chi connectivity index (χ3n) is 4.12. The minimum atomic E-state index is 0.344. The number of benzene rings is 2. The Morgan fingerprint density at radius 1 is 0.952 bits per heavy atom. The predicted octanol–water partition coefficient (Wildman–Crippen LogP) is 3.48. The molecule has 3 nitrogen and oxygen atoms in total.